The van der Waals surface area contributed by atoms with Gasteiger partial charge in [-0.05, 0) is 55.7 Å². The molecule has 0 saturated heterocycles. The molecule has 0 aromatic heterocycles. The number of ether oxygens (including phenoxy) is 1. The summed E-state index contributed by atoms with van der Waals surface area (Å²) >= 11 is 0. The number of fused-ring (bicyclic) bond motifs is 2. The molecule has 1 aliphatic heterocycles. The fourth-order valence-corrected chi connectivity index (χ4v) is 6.24. The Hall–Kier alpha value is -3.20. The first-order valence-corrected chi connectivity index (χ1v) is 13.4. The molecule has 0 radical (unpaired) electrons. The Morgan fingerprint density at radius 2 is 1.57 bits per heavy atom. The molecule has 2 N–H and O–H groups in total. The Labute approximate surface area is 205 Å². The lowest BCUT2D eigenvalue weighted by Crippen LogP contribution is -2.56. The zero-order valence-corrected chi connectivity index (χ0v) is 20.2. The van der Waals surface area contributed by atoms with Crippen LogP contribution in [0, 0.1) is 0 Å². The molecule has 3 aromatic carbocycles. The summed E-state index contributed by atoms with van der Waals surface area (Å²) in [6.07, 6.45) is 1.39. The SMILES string of the molecule is CCC(=O)c1ccc(S(=O)(=O)NC2CCCC(N3c4ccccc4Oc4ccccc43)[C@H]2O)cc1. The Morgan fingerprint density at radius 1 is 0.971 bits per heavy atom. The van der Waals surface area contributed by atoms with E-state index in [4.69, 9.17) is 4.74 Å². The van der Waals surface area contributed by atoms with E-state index in [1.165, 1.54) is 24.3 Å². The van der Waals surface area contributed by atoms with Gasteiger partial charge in [-0.2, -0.15) is 0 Å². The van der Waals surface area contributed by atoms with Gasteiger partial charge in [0.1, 0.15) is 0 Å². The second-order valence-electron chi connectivity index (χ2n) is 8.93. The number of carbonyl (C=O) groups excluding carboxylic acids is 1. The Balaban J connectivity index is 1.42. The predicted molar refractivity (Wildman–Crippen MR) is 134 cm³/mol. The number of nitrogens with zero attached hydrogens (tertiary/aromatic N) is 1. The van der Waals surface area contributed by atoms with Gasteiger partial charge in [-0.3, -0.25) is 4.79 Å². The Bertz CT molecular complexity index is 1290. The van der Waals surface area contributed by atoms with E-state index < -0.39 is 22.2 Å². The maximum Gasteiger partial charge on any atom is 0.240 e. The van der Waals surface area contributed by atoms with Crippen LogP contribution in [0.4, 0.5) is 11.4 Å². The molecule has 2 unspecified atom stereocenters. The third-order valence-electron chi connectivity index (χ3n) is 6.74. The van der Waals surface area contributed by atoms with Gasteiger partial charge in [0, 0.05) is 12.0 Å². The summed E-state index contributed by atoms with van der Waals surface area (Å²) in [5, 5.41) is 11.4. The predicted octanol–water partition coefficient (Wildman–Crippen LogP) is 4.78. The molecule has 8 heteroatoms. The normalized spacial score (nSPS) is 21.5. The van der Waals surface area contributed by atoms with Crippen molar-refractivity contribution in [1.29, 1.82) is 0 Å². The molecule has 182 valence electrons. The van der Waals surface area contributed by atoms with Crippen molar-refractivity contribution in [3.63, 3.8) is 0 Å². The third-order valence-corrected chi connectivity index (χ3v) is 8.24. The highest BCUT2D eigenvalue weighted by Crippen LogP contribution is 2.49. The molecule has 0 bridgehead atoms. The van der Waals surface area contributed by atoms with E-state index in [0.717, 1.165) is 17.8 Å². The minimum Gasteiger partial charge on any atom is -0.453 e. The van der Waals surface area contributed by atoms with Gasteiger partial charge in [-0.25, -0.2) is 13.1 Å². The van der Waals surface area contributed by atoms with Crippen molar-refractivity contribution in [3.8, 4) is 11.5 Å². The van der Waals surface area contributed by atoms with Crippen LogP contribution in [0.1, 0.15) is 43.0 Å². The monoisotopic (exact) mass is 492 g/mol. The standard InChI is InChI=1S/C27H28N2O5S/c1-2-24(30)18-14-16-19(17-15-18)35(32,33)28-20-8-7-11-23(27(20)31)29-21-9-3-5-12-25(21)34-26-13-6-4-10-22(26)29/h3-6,9-10,12-17,20,23,27-28,31H,2,7-8,11H2,1H3/t20?,23?,27-/m0/s1. The maximum absolute atomic E-state index is 13.1. The van der Waals surface area contributed by atoms with E-state index in [9.17, 15) is 18.3 Å². The smallest absolute Gasteiger partial charge is 0.240 e. The first kappa shape index (κ1) is 23.5. The lowest BCUT2D eigenvalue weighted by Gasteiger charge is -2.44. The number of ketones is 1. The number of aliphatic hydroxyl groups excluding tert-OH is 1. The van der Waals surface area contributed by atoms with Gasteiger partial charge in [-0.1, -0.05) is 43.3 Å². The van der Waals surface area contributed by atoms with Gasteiger partial charge in [-0.15, -0.1) is 0 Å². The lowest BCUT2D eigenvalue weighted by molar-refractivity contribution is 0.0807. The summed E-state index contributed by atoms with van der Waals surface area (Å²) < 4.78 is 35.1. The number of anilines is 2. The van der Waals surface area contributed by atoms with Crippen LogP contribution >= 0.6 is 0 Å². The molecule has 7 nitrogen and oxygen atoms in total. The first-order chi connectivity index (χ1) is 16.9. The lowest BCUT2D eigenvalue weighted by atomic mass is 9.86. The molecule has 3 atom stereocenters. The molecule has 3 aromatic rings. The van der Waals surface area contributed by atoms with Crippen molar-refractivity contribution in [2.75, 3.05) is 4.90 Å². The van der Waals surface area contributed by atoms with Crippen LogP contribution in [0.15, 0.2) is 77.7 Å². The van der Waals surface area contributed by atoms with Crippen molar-refractivity contribution in [3.05, 3.63) is 78.4 Å². The number of rotatable bonds is 6. The second-order valence-corrected chi connectivity index (χ2v) is 10.6. The molecule has 1 aliphatic carbocycles. The summed E-state index contributed by atoms with van der Waals surface area (Å²) in [5.41, 5.74) is 2.17. The summed E-state index contributed by atoms with van der Waals surface area (Å²) in [5.74, 6) is 1.35. The van der Waals surface area contributed by atoms with Crippen LogP contribution in [0.2, 0.25) is 0 Å². The zero-order valence-electron chi connectivity index (χ0n) is 19.4. The topological polar surface area (TPSA) is 95.9 Å². The van der Waals surface area contributed by atoms with Crippen LogP contribution in [0.25, 0.3) is 0 Å². The highest BCUT2D eigenvalue weighted by Gasteiger charge is 2.41. The quantitative estimate of drug-likeness (QED) is 0.481. The number of nitrogens with one attached hydrogen (secondary N) is 1. The number of hydrogen-bond acceptors (Lipinski definition) is 6. The molecule has 1 saturated carbocycles. The average molecular weight is 493 g/mol. The van der Waals surface area contributed by atoms with Crippen molar-refractivity contribution >= 4 is 27.2 Å². The molecule has 0 amide bonds. The number of carbonyl (C=O) groups is 1. The van der Waals surface area contributed by atoms with E-state index in [2.05, 4.69) is 9.62 Å². The fraction of sp³-hybridized carbons (Fsp3) is 0.296. The number of hydrogen-bond donors (Lipinski definition) is 2. The van der Waals surface area contributed by atoms with E-state index in [1.54, 1.807) is 6.92 Å². The molecular weight excluding hydrogens is 464 g/mol. The second kappa shape index (κ2) is 9.45. The summed E-state index contributed by atoms with van der Waals surface area (Å²) in [4.78, 5) is 14.0. The number of benzene rings is 3. The third kappa shape index (κ3) is 4.45. The van der Waals surface area contributed by atoms with Gasteiger partial charge in [0.2, 0.25) is 10.0 Å². The summed E-state index contributed by atoms with van der Waals surface area (Å²) in [7, 11) is -3.88. The number of sulfonamides is 1. The van der Waals surface area contributed by atoms with Gasteiger partial charge in [0.25, 0.3) is 0 Å². The number of Topliss-reactive ketones (excluding diaryl/α,β-unsaturated/α-hetero) is 1. The van der Waals surface area contributed by atoms with Crippen molar-refractivity contribution in [1.82, 2.24) is 4.72 Å². The minimum atomic E-state index is -3.88. The molecule has 0 spiro atoms. The Morgan fingerprint density at radius 3 is 2.17 bits per heavy atom. The van der Waals surface area contributed by atoms with Crippen LogP contribution in [-0.4, -0.2) is 37.5 Å². The largest absolute Gasteiger partial charge is 0.453 e. The summed E-state index contributed by atoms with van der Waals surface area (Å²) in [6.45, 7) is 1.76. The molecule has 1 heterocycles. The molecular formula is C27H28N2O5S. The van der Waals surface area contributed by atoms with E-state index in [0.29, 0.717) is 36.3 Å². The first-order valence-electron chi connectivity index (χ1n) is 11.9. The Kier molecular flexibility index (Phi) is 6.35. The maximum atomic E-state index is 13.1. The summed E-state index contributed by atoms with van der Waals surface area (Å²) in [6, 6.07) is 20.3. The minimum absolute atomic E-state index is 0.0430. The molecule has 35 heavy (non-hydrogen) atoms. The zero-order chi connectivity index (χ0) is 24.6. The molecule has 5 rings (SSSR count). The fourth-order valence-electron chi connectivity index (χ4n) is 4.95. The van der Waals surface area contributed by atoms with Gasteiger partial charge in [0.15, 0.2) is 17.3 Å². The van der Waals surface area contributed by atoms with Gasteiger partial charge < -0.3 is 14.7 Å². The van der Waals surface area contributed by atoms with Gasteiger partial charge in [0.05, 0.1) is 34.5 Å². The average Bonchev–Trinajstić information content (AvgIpc) is 2.88. The van der Waals surface area contributed by atoms with E-state index >= 15 is 0 Å². The van der Waals surface area contributed by atoms with Crippen molar-refractivity contribution < 1.29 is 23.1 Å². The van der Waals surface area contributed by atoms with Crippen molar-refractivity contribution in [2.24, 2.45) is 0 Å². The number of para-hydroxylation sites is 4. The van der Waals surface area contributed by atoms with E-state index in [-0.39, 0.29) is 16.7 Å². The van der Waals surface area contributed by atoms with Gasteiger partial charge >= 0.3 is 0 Å². The molecule has 2 aliphatic rings. The molecule has 1 fully saturated rings. The van der Waals surface area contributed by atoms with Crippen LogP contribution < -0.4 is 14.4 Å². The van der Waals surface area contributed by atoms with Crippen LogP contribution in [0.5, 0.6) is 11.5 Å². The highest BCUT2D eigenvalue weighted by molar-refractivity contribution is 7.89. The van der Waals surface area contributed by atoms with Crippen LogP contribution in [-0.2, 0) is 10.0 Å². The van der Waals surface area contributed by atoms with Crippen molar-refractivity contribution in [2.45, 2.75) is 55.7 Å². The van der Waals surface area contributed by atoms with Crippen LogP contribution in [0.3, 0.4) is 0 Å². The van der Waals surface area contributed by atoms with E-state index in [1.807, 2.05) is 48.5 Å². The highest BCUT2D eigenvalue weighted by atomic mass is 32.2. The number of aliphatic hydroxyl groups is 1.